The second-order valence-corrected chi connectivity index (χ2v) is 7.18. The minimum Gasteiger partial charge on any atom is -0.338 e. The Labute approximate surface area is 150 Å². The van der Waals surface area contributed by atoms with Crippen molar-refractivity contribution in [3.63, 3.8) is 0 Å². The Morgan fingerprint density at radius 3 is 2.71 bits per heavy atom. The minimum absolute atomic E-state index is 0. The highest BCUT2D eigenvalue weighted by Crippen LogP contribution is 2.28. The molecule has 0 bridgehead atoms. The third kappa shape index (κ3) is 4.79. The average molecular weight is 351 g/mol. The van der Waals surface area contributed by atoms with E-state index < -0.39 is 0 Å². The van der Waals surface area contributed by atoms with Crippen molar-refractivity contribution in [2.45, 2.75) is 45.7 Å². The number of likely N-dealkylation sites (tertiary alicyclic amines) is 1. The van der Waals surface area contributed by atoms with Crippen molar-refractivity contribution >= 4 is 12.4 Å². The van der Waals surface area contributed by atoms with Crippen LogP contribution in [0.1, 0.15) is 37.5 Å². The van der Waals surface area contributed by atoms with E-state index in [-0.39, 0.29) is 23.9 Å². The van der Waals surface area contributed by atoms with Gasteiger partial charge in [-0.2, -0.15) is 4.98 Å². The zero-order chi connectivity index (χ0) is 16.3. The van der Waals surface area contributed by atoms with Gasteiger partial charge in [0.25, 0.3) is 0 Å². The Morgan fingerprint density at radius 1 is 1.25 bits per heavy atom. The van der Waals surface area contributed by atoms with Crippen molar-refractivity contribution in [2.24, 2.45) is 11.1 Å². The van der Waals surface area contributed by atoms with Crippen LogP contribution in [0.3, 0.4) is 0 Å². The standard InChI is InChI=1S/C18H26N4O.ClH/c1-18(2)13-22(11-10-15(18)19)12-17-20-16(21-23-17)9-8-14-6-4-3-5-7-14;/h3-7,15H,8-13,19H2,1-2H3;1H. The van der Waals surface area contributed by atoms with E-state index in [4.69, 9.17) is 10.3 Å². The first-order chi connectivity index (χ1) is 11.0. The number of hydrogen-bond donors (Lipinski definition) is 1. The van der Waals surface area contributed by atoms with Crippen LogP contribution >= 0.6 is 12.4 Å². The maximum absolute atomic E-state index is 6.19. The summed E-state index contributed by atoms with van der Waals surface area (Å²) in [7, 11) is 0. The van der Waals surface area contributed by atoms with Crippen LogP contribution < -0.4 is 5.73 Å². The van der Waals surface area contributed by atoms with Crippen molar-refractivity contribution in [2.75, 3.05) is 13.1 Å². The number of aryl methyl sites for hydroxylation is 2. The van der Waals surface area contributed by atoms with Gasteiger partial charge in [-0.1, -0.05) is 49.3 Å². The molecule has 1 unspecified atom stereocenters. The predicted molar refractivity (Wildman–Crippen MR) is 97.0 cm³/mol. The summed E-state index contributed by atoms with van der Waals surface area (Å²) in [6.45, 7) is 7.13. The first-order valence-corrected chi connectivity index (χ1v) is 8.36. The molecule has 24 heavy (non-hydrogen) atoms. The van der Waals surface area contributed by atoms with Gasteiger partial charge in [0.15, 0.2) is 5.82 Å². The molecule has 2 heterocycles. The van der Waals surface area contributed by atoms with Gasteiger partial charge >= 0.3 is 0 Å². The fourth-order valence-electron chi connectivity index (χ4n) is 3.17. The highest BCUT2D eigenvalue weighted by molar-refractivity contribution is 5.85. The lowest BCUT2D eigenvalue weighted by Gasteiger charge is -2.42. The number of halogens is 1. The van der Waals surface area contributed by atoms with Crippen molar-refractivity contribution in [1.29, 1.82) is 0 Å². The number of aromatic nitrogens is 2. The molecule has 0 aliphatic carbocycles. The Morgan fingerprint density at radius 2 is 2.00 bits per heavy atom. The molecule has 1 saturated heterocycles. The molecule has 1 fully saturated rings. The van der Waals surface area contributed by atoms with Crippen molar-refractivity contribution in [3.8, 4) is 0 Å². The molecule has 3 rings (SSSR count). The monoisotopic (exact) mass is 350 g/mol. The van der Waals surface area contributed by atoms with E-state index in [9.17, 15) is 0 Å². The molecule has 132 valence electrons. The Kier molecular flexibility index (Phi) is 6.38. The molecule has 1 aromatic carbocycles. The largest absolute Gasteiger partial charge is 0.338 e. The molecule has 0 spiro atoms. The van der Waals surface area contributed by atoms with Crippen LogP contribution in [0.5, 0.6) is 0 Å². The van der Waals surface area contributed by atoms with Gasteiger partial charge in [0.2, 0.25) is 5.89 Å². The van der Waals surface area contributed by atoms with Crippen molar-refractivity contribution in [1.82, 2.24) is 15.0 Å². The molecule has 2 N–H and O–H groups in total. The summed E-state index contributed by atoms with van der Waals surface area (Å²) in [5, 5.41) is 4.11. The lowest BCUT2D eigenvalue weighted by atomic mass is 9.80. The fraction of sp³-hybridized carbons (Fsp3) is 0.556. The molecule has 0 saturated carbocycles. The molecule has 1 aromatic heterocycles. The number of hydrogen-bond acceptors (Lipinski definition) is 5. The lowest BCUT2D eigenvalue weighted by Crippen LogP contribution is -2.52. The molecule has 6 heteroatoms. The number of rotatable bonds is 5. The van der Waals surface area contributed by atoms with E-state index in [1.807, 2.05) is 6.07 Å². The Hall–Kier alpha value is -1.43. The summed E-state index contributed by atoms with van der Waals surface area (Å²) in [4.78, 5) is 6.89. The van der Waals surface area contributed by atoms with E-state index >= 15 is 0 Å². The summed E-state index contributed by atoms with van der Waals surface area (Å²) in [6.07, 6.45) is 2.76. The third-order valence-electron chi connectivity index (χ3n) is 4.74. The summed E-state index contributed by atoms with van der Waals surface area (Å²) in [5.74, 6) is 1.50. The van der Waals surface area contributed by atoms with Crippen LogP contribution in [-0.4, -0.2) is 34.2 Å². The average Bonchev–Trinajstić information content (AvgIpc) is 2.97. The zero-order valence-electron chi connectivity index (χ0n) is 14.4. The Balaban J connectivity index is 0.00000208. The van der Waals surface area contributed by atoms with E-state index in [2.05, 4.69) is 53.2 Å². The molecule has 2 aromatic rings. The number of nitrogens with two attached hydrogens (primary N) is 1. The normalized spacial score (nSPS) is 20.5. The molecule has 1 atom stereocenters. The van der Waals surface area contributed by atoms with Gasteiger partial charge in [-0.15, -0.1) is 12.4 Å². The van der Waals surface area contributed by atoms with E-state index in [0.717, 1.165) is 38.2 Å². The van der Waals surface area contributed by atoms with Crippen LogP contribution in [0.15, 0.2) is 34.9 Å². The topological polar surface area (TPSA) is 68.2 Å². The SMILES string of the molecule is CC1(C)CN(Cc2nc(CCc3ccccc3)no2)CCC1N.Cl. The van der Waals surface area contributed by atoms with Crippen LogP contribution in [0, 0.1) is 5.41 Å². The molecule has 1 aliphatic heterocycles. The summed E-state index contributed by atoms with van der Waals surface area (Å²) in [5.41, 5.74) is 7.62. The van der Waals surface area contributed by atoms with Crippen molar-refractivity contribution in [3.05, 3.63) is 47.6 Å². The summed E-state index contributed by atoms with van der Waals surface area (Å²) >= 11 is 0. The molecular weight excluding hydrogens is 324 g/mol. The van der Waals surface area contributed by atoms with E-state index in [1.165, 1.54) is 5.56 Å². The second kappa shape index (κ2) is 8.10. The van der Waals surface area contributed by atoms with Gasteiger partial charge in [-0.05, 0) is 23.8 Å². The lowest BCUT2D eigenvalue weighted by molar-refractivity contribution is 0.0811. The number of nitrogens with zero attached hydrogens (tertiary/aromatic N) is 3. The number of piperidine rings is 1. The second-order valence-electron chi connectivity index (χ2n) is 7.18. The third-order valence-corrected chi connectivity index (χ3v) is 4.74. The van der Waals surface area contributed by atoms with Gasteiger partial charge in [-0.3, -0.25) is 4.90 Å². The summed E-state index contributed by atoms with van der Waals surface area (Å²) in [6, 6.07) is 10.7. The maximum atomic E-state index is 6.19. The van der Waals surface area contributed by atoms with Crippen LogP contribution in [0.4, 0.5) is 0 Å². The molecule has 0 amide bonds. The van der Waals surface area contributed by atoms with Crippen LogP contribution in [0.25, 0.3) is 0 Å². The summed E-state index contributed by atoms with van der Waals surface area (Å²) < 4.78 is 5.42. The quantitative estimate of drug-likeness (QED) is 0.898. The van der Waals surface area contributed by atoms with Crippen LogP contribution in [-0.2, 0) is 19.4 Å². The van der Waals surface area contributed by atoms with E-state index in [0.29, 0.717) is 12.4 Å². The minimum atomic E-state index is 0. The maximum Gasteiger partial charge on any atom is 0.240 e. The van der Waals surface area contributed by atoms with Crippen molar-refractivity contribution < 1.29 is 4.52 Å². The molecule has 1 aliphatic rings. The first-order valence-electron chi connectivity index (χ1n) is 8.36. The van der Waals surface area contributed by atoms with Gasteiger partial charge in [0, 0.05) is 25.6 Å². The number of benzene rings is 1. The highest BCUT2D eigenvalue weighted by Gasteiger charge is 2.33. The first kappa shape index (κ1) is 18.9. The smallest absolute Gasteiger partial charge is 0.240 e. The van der Waals surface area contributed by atoms with Gasteiger partial charge < -0.3 is 10.3 Å². The predicted octanol–water partition coefficient (Wildman–Crippen LogP) is 2.84. The highest BCUT2D eigenvalue weighted by atomic mass is 35.5. The van der Waals surface area contributed by atoms with Gasteiger partial charge in [0.1, 0.15) is 0 Å². The zero-order valence-corrected chi connectivity index (χ0v) is 15.3. The van der Waals surface area contributed by atoms with Gasteiger partial charge in [-0.25, -0.2) is 0 Å². The van der Waals surface area contributed by atoms with E-state index in [1.54, 1.807) is 0 Å². The fourth-order valence-corrected chi connectivity index (χ4v) is 3.17. The molecular formula is C18H27ClN4O. The molecule has 5 nitrogen and oxygen atoms in total. The molecule has 0 radical (unpaired) electrons. The van der Waals surface area contributed by atoms with Crippen LogP contribution in [0.2, 0.25) is 0 Å². The Bertz CT molecular complexity index is 629. The van der Waals surface area contributed by atoms with Gasteiger partial charge in [0.05, 0.1) is 6.54 Å².